The van der Waals surface area contributed by atoms with E-state index in [2.05, 4.69) is 29.8 Å². The smallest absolute Gasteiger partial charge is 0.107 e. The standard InChI is InChI=1S/C12H18BrClOS/c1-3-5-8(6-4-2)11(15)10-7-9(13)12(14)16-10/h7-8,11,15H,3-6H2,1-2H3. The molecule has 0 aliphatic rings. The van der Waals surface area contributed by atoms with Crippen LogP contribution < -0.4 is 0 Å². The Balaban J connectivity index is 2.76. The van der Waals surface area contributed by atoms with E-state index < -0.39 is 0 Å². The van der Waals surface area contributed by atoms with Crippen LogP contribution in [0, 0.1) is 5.92 Å². The number of aliphatic hydroxyl groups is 1. The Labute approximate surface area is 115 Å². The molecule has 1 aromatic heterocycles. The van der Waals surface area contributed by atoms with E-state index in [1.54, 1.807) is 0 Å². The minimum atomic E-state index is -0.367. The lowest BCUT2D eigenvalue weighted by Gasteiger charge is -2.20. The first kappa shape index (κ1) is 14.5. The van der Waals surface area contributed by atoms with Crippen LogP contribution in [-0.4, -0.2) is 5.11 Å². The van der Waals surface area contributed by atoms with E-state index in [-0.39, 0.29) is 6.10 Å². The zero-order valence-corrected chi connectivity index (χ0v) is 12.8. The van der Waals surface area contributed by atoms with E-state index in [0.29, 0.717) is 5.92 Å². The summed E-state index contributed by atoms with van der Waals surface area (Å²) in [6, 6.07) is 1.94. The van der Waals surface area contributed by atoms with Gasteiger partial charge in [-0.25, -0.2) is 0 Å². The van der Waals surface area contributed by atoms with Crippen LogP contribution in [0.5, 0.6) is 0 Å². The molecule has 1 heterocycles. The third kappa shape index (κ3) is 3.73. The van der Waals surface area contributed by atoms with E-state index >= 15 is 0 Å². The molecule has 0 saturated carbocycles. The van der Waals surface area contributed by atoms with Gasteiger partial charge in [-0.2, -0.15) is 0 Å². The fourth-order valence-electron chi connectivity index (χ4n) is 1.94. The lowest BCUT2D eigenvalue weighted by molar-refractivity contribution is 0.0997. The van der Waals surface area contributed by atoms with Crippen molar-refractivity contribution < 1.29 is 5.11 Å². The van der Waals surface area contributed by atoms with Gasteiger partial charge in [0, 0.05) is 9.35 Å². The number of rotatable bonds is 6. The summed E-state index contributed by atoms with van der Waals surface area (Å²) in [5.74, 6) is 0.358. The topological polar surface area (TPSA) is 20.2 Å². The second kappa shape index (κ2) is 7.00. The molecular formula is C12H18BrClOS. The summed E-state index contributed by atoms with van der Waals surface area (Å²) < 4.78 is 1.61. The molecule has 92 valence electrons. The van der Waals surface area contributed by atoms with Gasteiger partial charge in [0.1, 0.15) is 4.34 Å². The predicted molar refractivity (Wildman–Crippen MR) is 75.3 cm³/mol. The fraction of sp³-hybridized carbons (Fsp3) is 0.667. The van der Waals surface area contributed by atoms with Gasteiger partial charge in [-0.15, -0.1) is 11.3 Å². The van der Waals surface area contributed by atoms with Gasteiger partial charge in [0.25, 0.3) is 0 Å². The van der Waals surface area contributed by atoms with Gasteiger partial charge >= 0.3 is 0 Å². The molecule has 0 saturated heterocycles. The number of halogens is 2. The second-order valence-corrected chi connectivity index (χ2v) is 6.59. The number of thiophene rings is 1. The zero-order valence-electron chi connectivity index (χ0n) is 9.67. The highest BCUT2D eigenvalue weighted by atomic mass is 79.9. The molecule has 1 nitrogen and oxygen atoms in total. The Morgan fingerprint density at radius 3 is 2.31 bits per heavy atom. The Bertz CT molecular complexity index is 301. The predicted octanol–water partition coefficient (Wildman–Crippen LogP) is 5.41. The zero-order chi connectivity index (χ0) is 12.1. The molecule has 0 bridgehead atoms. The lowest BCUT2D eigenvalue weighted by Crippen LogP contribution is -2.11. The maximum absolute atomic E-state index is 10.3. The van der Waals surface area contributed by atoms with Crippen molar-refractivity contribution in [3.05, 3.63) is 19.8 Å². The molecule has 4 heteroatoms. The maximum atomic E-state index is 10.3. The van der Waals surface area contributed by atoms with Crippen LogP contribution >= 0.6 is 38.9 Å². The Morgan fingerprint density at radius 2 is 1.94 bits per heavy atom. The summed E-state index contributed by atoms with van der Waals surface area (Å²) in [4.78, 5) is 0.976. The molecule has 1 unspecified atom stereocenters. The van der Waals surface area contributed by atoms with Crippen molar-refractivity contribution in [3.63, 3.8) is 0 Å². The summed E-state index contributed by atoms with van der Waals surface area (Å²) in [6.07, 6.45) is 4.00. The van der Waals surface area contributed by atoms with E-state index in [1.165, 1.54) is 11.3 Å². The molecule has 16 heavy (non-hydrogen) atoms. The molecule has 1 rings (SSSR count). The number of hydrogen-bond acceptors (Lipinski definition) is 2. The Kier molecular flexibility index (Phi) is 6.34. The maximum Gasteiger partial charge on any atom is 0.107 e. The molecule has 0 aliphatic heterocycles. The molecule has 0 radical (unpaired) electrons. The van der Waals surface area contributed by atoms with Gasteiger partial charge in [0.2, 0.25) is 0 Å². The molecule has 0 aliphatic carbocycles. The summed E-state index contributed by atoms with van der Waals surface area (Å²) in [5.41, 5.74) is 0. The fourth-order valence-corrected chi connectivity index (χ4v) is 3.76. The van der Waals surface area contributed by atoms with Crippen LogP contribution in [0.1, 0.15) is 50.5 Å². The highest BCUT2D eigenvalue weighted by molar-refractivity contribution is 9.10. The minimum Gasteiger partial charge on any atom is -0.387 e. The molecule has 0 fully saturated rings. The van der Waals surface area contributed by atoms with Crippen LogP contribution in [0.4, 0.5) is 0 Å². The van der Waals surface area contributed by atoms with Crippen LogP contribution in [0.25, 0.3) is 0 Å². The Morgan fingerprint density at radius 1 is 1.38 bits per heavy atom. The highest BCUT2D eigenvalue weighted by Gasteiger charge is 2.22. The first-order valence-corrected chi connectivity index (χ1v) is 7.71. The summed E-state index contributed by atoms with van der Waals surface area (Å²) >= 11 is 10.8. The minimum absolute atomic E-state index is 0.358. The monoisotopic (exact) mass is 324 g/mol. The molecule has 1 N–H and O–H groups in total. The second-order valence-electron chi connectivity index (χ2n) is 4.05. The van der Waals surface area contributed by atoms with Gasteiger partial charge < -0.3 is 5.11 Å². The molecule has 0 spiro atoms. The van der Waals surface area contributed by atoms with Gasteiger partial charge in [0.15, 0.2) is 0 Å². The largest absolute Gasteiger partial charge is 0.387 e. The van der Waals surface area contributed by atoms with Crippen molar-refractivity contribution in [1.82, 2.24) is 0 Å². The molecule has 1 atom stereocenters. The average molecular weight is 326 g/mol. The Hall–Kier alpha value is 0.430. The van der Waals surface area contributed by atoms with Crippen LogP contribution in [0.2, 0.25) is 4.34 Å². The van der Waals surface area contributed by atoms with E-state index in [0.717, 1.165) is 39.4 Å². The summed E-state index contributed by atoms with van der Waals surface area (Å²) in [5, 5.41) is 10.3. The van der Waals surface area contributed by atoms with Crippen molar-refractivity contribution in [1.29, 1.82) is 0 Å². The van der Waals surface area contributed by atoms with E-state index in [1.807, 2.05) is 6.07 Å². The van der Waals surface area contributed by atoms with Crippen molar-refractivity contribution in [2.24, 2.45) is 5.92 Å². The van der Waals surface area contributed by atoms with Gasteiger partial charge in [-0.05, 0) is 40.8 Å². The van der Waals surface area contributed by atoms with E-state index in [9.17, 15) is 5.11 Å². The van der Waals surface area contributed by atoms with Crippen molar-refractivity contribution in [2.45, 2.75) is 45.6 Å². The van der Waals surface area contributed by atoms with Crippen LogP contribution in [-0.2, 0) is 0 Å². The van der Waals surface area contributed by atoms with Crippen LogP contribution in [0.15, 0.2) is 10.5 Å². The summed E-state index contributed by atoms with van der Waals surface area (Å²) in [6.45, 7) is 4.32. The van der Waals surface area contributed by atoms with Gasteiger partial charge in [0.05, 0.1) is 6.10 Å². The van der Waals surface area contributed by atoms with Crippen molar-refractivity contribution in [2.75, 3.05) is 0 Å². The SMILES string of the molecule is CCCC(CCC)C(O)c1cc(Br)c(Cl)s1. The number of aliphatic hydroxyl groups excluding tert-OH is 1. The average Bonchev–Trinajstić information content (AvgIpc) is 2.58. The lowest BCUT2D eigenvalue weighted by atomic mass is 9.91. The van der Waals surface area contributed by atoms with Crippen molar-refractivity contribution in [3.8, 4) is 0 Å². The normalized spacial score (nSPS) is 13.4. The quantitative estimate of drug-likeness (QED) is 0.741. The van der Waals surface area contributed by atoms with E-state index in [4.69, 9.17) is 11.6 Å². The first-order valence-electron chi connectivity index (χ1n) is 5.72. The van der Waals surface area contributed by atoms with Gasteiger partial charge in [-0.3, -0.25) is 0 Å². The van der Waals surface area contributed by atoms with Crippen molar-refractivity contribution >= 4 is 38.9 Å². The first-order chi connectivity index (χ1) is 7.60. The number of hydrogen-bond donors (Lipinski definition) is 1. The van der Waals surface area contributed by atoms with Crippen LogP contribution in [0.3, 0.4) is 0 Å². The highest BCUT2D eigenvalue weighted by Crippen LogP contribution is 2.39. The van der Waals surface area contributed by atoms with Gasteiger partial charge in [-0.1, -0.05) is 38.3 Å². The molecule has 0 amide bonds. The summed E-state index contributed by atoms with van der Waals surface area (Å²) in [7, 11) is 0. The molecule has 1 aromatic rings. The molecule has 0 aromatic carbocycles. The third-order valence-corrected chi connectivity index (χ3v) is 5.27. The third-order valence-electron chi connectivity index (χ3n) is 2.72. The molecular weight excluding hydrogens is 308 g/mol.